The summed E-state index contributed by atoms with van der Waals surface area (Å²) in [6.07, 6.45) is 0.856. The van der Waals surface area contributed by atoms with Gasteiger partial charge in [0.05, 0.1) is 13.2 Å². The van der Waals surface area contributed by atoms with Gasteiger partial charge >= 0.3 is 12.1 Å². The van der Waals surface area contributed by atoms with Gasteiger partial charge in [-0.3, -0.25) is 0 Å². The molecule has 0 aliphatic rings. The van der Waals surface area contributed by atoms with Crippen molar-refractivity contribution >= 4 is 23.6 Å². The molecule has 212 valence electrons. The monoisotopic (exact) mass is 546 g/mol. The van der Waals surface area contributed by atoms with Crippen molar-refractivity contribution in [3.05, 3.63) is 95.6 Å². The largest absolute Gasteiger partial charge is 0.493 e. The van der Waals surface area contributed by atoms with Gasteiger partial charge < -0.3 is 24.3 Å². The van der Waals surface area contributed by atoms with Gasteiger partial charge in [0.25, 0.3) is 0 Å². The summed E-state index contributed by atoms with van der Waals surface area (Å²) in [6, 6.07) is 24.5. The van der Waals surface area contributed by atoms with Crippen LogP contribution in [0.2, 0.25) is 0 Å². The number of unbranched alkanes of at least 4 members (excludes halogenated alkanes) is 1. The van der Waals surface area contributed by atoms with Crippen LogP contribution < -0.4 is 10.1 Å². The number of anilines is 1. The Hall–Kier alpha value is -4.17. The Bertz CT molecular complexity index is 1250. The van der Waals surface area contributed by atoms with Gasteiger partial charge in [0.15, 0.2) is 0 Å². The Morgan fingerprint density at radius 3 is 2.10 bits per heavy atom. The van der Waals surface area contributed by atoms with Crippen molar-refractivity contribution in [3.63, 3.8) is 0 Å². The Labute approximate surface area is 236 Å². The number of benzene rings is 3. The van der Waals surface area contributed by atoms with Crippen LogP contribution in [0.1, 0.15) is 62.0 Å². The maximum absolute atomic E-state index is 12.9. The number of amides is 1. The highest BCUT2D eigenvalue weighted by Crippen LogP contribution is 2.25. The van der Waals surface area contributed by atoms with Crippen molar-refractivity contribution in [2.45, 2.75) is 59.4 Å². The molecule has 0 aliphatic carbocycles. The molecule has 0 saturated carbocycles. The summed E-state index contributed by atoms with van der Waals surface area (Å²) in [7, 11) is 0. The third-order valence-electron chi connectivity index (χ3n) is 5.44. The molecule has 0 radical (unpaired) electrons. The predicted molar refractivity (Wildman–Crippen MR) is 156 cm³/mol. The maximum Gasteiger partial charge on any atom is 0.435 e. The molecule has 0 unspecified atom stereocenters. The highest BCUT2D eigenvalue weighted by atomic mass is 16.6. The average Bonchev–Trinajstić information content (AvgIpc) is 2.91. The van der Waals surface area contributed by atoms with Gasteiger partial charge in [-0.2, -0.15) is 4.99 Å². The molecule has 3 rings (SSSR count). The van der Waals surface area contributed by atoms with Crippen LogP contribution in [0.15, 0.2) is 83.9 Å². The van der Waals surface area contributed by atoms with Gasteiger partial charge in [0.2, 0.25) is 0 Å². The molecule has 0 bridgehead atoms. The third-order valence-corrected chi connectivity index (χ3v) is 5.44. The number of esters is 1. The van der Waals surface area contributed by atoms with E-state index in [1.54, 1.807) is 45.9 Å². The van der Waals surface area contributed by atoms with Crippen molar-refractivity contribution in [3.8, 4) is 5.75 Å². The molecule has 0 spiro atoms. The molecule has 1 amide bonds. The fourth-order valence-corrected chi connectivity index (χ4v) is 3.60. The van der Waals surface area contributed by atoms with Crippen LogP contribution in [0.4, 0.5) is 10.5 Å². The summed E-state index contributed by atoms with van der Waals surface area (Å²) in [5.41, 5.74) is 2.29. The molecular formula is C32H38N2O6. The van der Waals surface area contributed by atoms with Crippen molar-refractivity contribution in [2.24, 2.45) is 4.99 Å². The standard InChI is InChI=1S/C32H38N2O6/c1-24(34-31(36)40-32(2,3)4)33-27-17-18-28(30(35)39-23-26-15-9-6-10-16-26)29(21-27)38-20-12-11-19-37-22-25-13-7-5-8-14-25/h5-10,13-18,21H,11-12,19-20,22-23H2,1-4H3,(H,33,34,36). The molecule has 1 N–H and O–H groups in total. The summed E-state index contributed by atoms with van der Waals surface area (Å²) in [4.78, 5) is 28.9. The molecule has 40 heavy (non-hydrogen) atoms. The zero-order chi connectivity index (χ0) is 28.8. The molecule has 0 fully saturated rings. The molecule has 0 saturated heterocycles. The molecule has 8 nitrogen and oxygen atoms in total. The quantitative estimate of drug-likeness (QED) is 0.111. The van der Waals surface area contributed by atoms with Crippen LogP contribution in [0, 0.1) is 0 Å². The first-order chi connectivity index (χ1) is 19.2. The number of nitrogens with zero attached hydrogens (tertiary/aromatic N) is 1. The Balaban J connectivity index is 1.60. The van der Waals surface area contributed by atoms with E-state index >= 15 is 0 Å². The van der Waals surface area contributed by atoms with Crippen LogP contribution in [0.25, 0.3) is 0 Å². The lowest BCUT2D eigenvalue weighted by Gasteiger charge is -2.17. The fraction of sp³-hybridized carbons (Fsp3) is 0.344. The number of rotatable bonds is 12. The highest BCUT2D eigenvalue weighted by Gasteiger charge is 2.17. The summed E-state index contributed by atoms with van der Waals surface area (Å²) >= 11 is 0. The molecule has 3 aromatic carbocycles. The van der Waals surface area contributed by atoms with Gasteiger partial charge in [-0.15, -0.1) is 0 Å². The number of hydrogen-bond acceptors (Lipinski definition) is 6. The van der Waals surface area contributed by atoms with Crippen molar-refractivity contribution < 1.29 is 28.5 Å². The second-order valence-corrected chi connectivity index (χ2v) is 10.2. The first-order valence-electron chi connectivity index (χ1n) is 13.3. The van der Waals surface area contributed by atoms with Gasteiger partial charge in [0, 0.05) is 18.4 Å². The van der Waals surface area contributed by atoms with Gasteiger partial charge in [-0.1, -0.05) is 60.7 Å². The number of amidine groups is 1. The SMILES string of the molecule is C/C(=N\C(=O)OC(C)(C)C)Nc1ccc(C(=O)OCc2ccccc2)c(OCCCCOCc2ccccc2)c1. The van der Waals surface area contributed by atoms with Crippen LogP contribution in [-0.4, -0.2) is 36.7 Å². The lowest BCUT2D eigenvalue weighted by molar-refractivity contribution is 0.0467. The van der Waals surface area contributed by atoms with E-state index in [1.165, 1.54) is 0 Å². The number of nitrogens with one attached hydrogen (secondary N) is 1. The molecule has 0 heterocycles. The summed E-state index contributed by atoms with van der Waals surface area (Å²) in [6.45, 7) is 8.69. The number of ether oxygens (including phenoxy) is 4. The van der Waals surface area contributed by atoms with Gasteiger partial charge in [-0.05, 0) is 63.8 Å². The van der Waals surface area contributed by atoms with Crippen LogP contribution >= 0.6 is 0 Å². The number of aliphatic imine (C=N–C) groups is 1. The van der Waals surface area contributed by atoms with E-state index in [0.29, 0.717) is 42.7 Å². The van der Waals surface area contributed by atoms with E-state index in [1.807, 2.05) is 60.7 Å². The van der Waals surface area contributed by atoms with E-state index in [9.17, 15) is 9.59 Å². The van der Waals surface area contributed by atoms with E-state index in [-0.39, 0.29) is 6.61 Å². The summed E-state index contributed by atoms with van der Waals surface area (Å²) in [5.74, 6) is 0.226. The number of carbonyl (C=O) groups excluding carboxylic acids is 2. The minimum atomic E-state index is -0.690. The molecular weight excluding hydrogens is 508 g/mol. The molecule has 8 heteroatoms. The molecule has 3 aromatic rings. The van der Waals surface area contributed by atoms with Crippen LogP contribution in [0.5, 0.6) is 5.75 Å². The first kappa shape index (κ1) is 30.4. The number of carbonyl (C=O) groups is 2. The minimum Gasteiger partial charge on any atom is -0.493 e. The van der Waals surface area contributed by atoms with Crippen molar-refractivity contribution in [1.82, 2.24) is 0 Å². The minimum absolute atomic E-state index is 0.152. The Morgan fingerprint density at radius 2 is 1.45 bits per heavy atom. The predicted octanol–water partition coefficient (Wildman–Crippen LogP) is 7.18. The van der Waals surface area contributed by atoms with E-state index in [2.05, 4.69) is 10.3 Å². The smallest absolute Gasteiger partial charge is 0.435 e. The Morgan fingerprint density at radius 1 is 0.825 bits per heavy atom. The zero-order valence-corrected chi connectivity index (χ0v) is 23.6. The molecule has 0 aromatic heterocycles. The van der Waals surface area contributed by atoms with Crippen LogP contribution in [-0.2, 0) is 27.4 Å². The Kier molecular flexibility index (Phi) is 11.7. The highest BCUT2D eigenvalue weighted by molar-refractivity contribution is 6.00. The first-order valence-corrected chi connectivity index (χ1v) is 13.3. The second kappa shape index (κ2) is 15.4. The van der Waals surface area contributed by atoms with Gasteiger partial charge in [0.1, 0.15) is 29.4 Å². The van der Waals surface area contributed by atoms with E-state index in [4.69, 9.17) is 18.9 Å². The molecule has 0 aliphatic heterocycles. The average molecular weight is 547 g/mol. The maximum atomic E-state index is 12.9. The van der Waals surface area contributed by atoms with E-state index in [0.717, 1.165) is 24.0 Å². The lowest BCUT2D eigenvalue weighted by atomic mass is 10.1. The normalized spacial score (nSPS) is 11.6. The summed E-state index contributed by atoms with van der Waals surface area (Å²) in [5, 5.41) is 3.05. The lowest BCUT2D eigenvalue weighted by Crippen LogP contribution is -2.23. The van der Waals surface area contributed by atoms with Gasteiger partial charge in [-0.25, -0.2) is 9.59 Å². The molecule has 0 atom stereocenters. The van der Waals surface area contributed by atoms with Crippen molar-refractivity contribution in [1.29, 1.82) is 0 Å². The summed E-state index contributed by atoms with van der Waals surface area (Å²) < 4.78 is 22.5. The van der Waals surface area contributed by atoms with Crippen LogP contribution in [0.3, 0.4) is 0 Å². The van der Waals surface area contributed by atoms with Crippen molar-refractivity contribution in [2.75, 3.05) is 18.5 Å². The topological polar surface area (TPSA) is 95.5 Å². The zero-order valence-electron chi connectivity index (χ0n) is 23.6. The van der Waals surface area contributed by atoms with E-state index < -0.39 is 17.7 Å². The second-order valence-electron chi connectivity index (χ2n) is 10.2. The third kappa shape index (κ3) is 11.3. The number of hydrogen-bond donors (Lipinski definition) is 1. The fourth-order valence-electron chi connectivity index (χ4n) is 3.60.